The van der Waals surface area contributed by atoms with Crippen molar-refractivity contribution in [2.75, 3.05) is 6.79 Å². The van der Waals surface area contributed by atoms with E-state index in [1.807, 2.05) is 43.3 Å². The van der Waals surface area contributed by atoms with E-state index in [1.54, 1.807) is 11.6 Å². The summed E-state index contributed by atoms with van der Waals surface area (Å²) < 4.78 is 12.6. The SMILES string of the molecule is CCc1nn(C(CCCc2ccccc2)C(C)O)c2nc(Cc3ccc4c(c3)OCO4)[nH]c(=O)c12. The standard InChI is InChI=1S/C27H30N4O4/c1-3-20-25-26(31(30-20)21(17(2)32)11-7-10-18-8-5-4-6-9-18)28-24(29-27(25)33)15-19-12-13-22-23(14-19)35-16-34-22/h4-6,8-9,12-14,17,21,32H,3,7,10-11,15-16H2,1-2H3,(H,28,29,33). The molecule has 2 aromatic heterocycles. The second-order valence-electron chi connectivity index (χ2n) is 9.01. The number of hydrogen-bond acceptors (Lipinski definition) is 6. The maximum absolute atomic E-state index is 13.1. The molecule has 2 aromatic carbocycles. The van der Waals surface area contributed by atoms with Gasteiger partial charge in [0, 0.05) is 6.42 Å². The zero-order valence-corrected chi connectivity index (χ0v) is 20.0. The lowest BCUT2D eigenvalue weighted by Gasteiger charge is -2.21. The molecule has 0 spiro atoms. The number of aliphatic hydroxyl groups excluding tert-OH is 1. The lowest BCUT2D eigenvalue weighted by Crippen LogP contribution is -2.24. The van der Waals surface area contributed by atoms with Gasteiger partial charge < -0.3 is 19.6 Å². The molecule has 1 aliphatic heterocycles. The Balaban J connectivity index is 1.46. The third-order valence-electron chi connectivity index (χ3n) is 6.51. The number of ether oxygens (including phenoxy) is 2. The Kier molecular flexibility index (Phi) is 6.55. The topological polar surface area (TPSA) is 102 Å². The fourth-order valence-corrected chi connectivity index (χ4v) is 4.69. The molecule has 3 heterocycles. The average molecular weight is 475 g/mol. The molecule has 5 rings (SSSR count). The van der Waals surface area contributed by atoms with E-state index in [4.69, 9.17) is 19.6 Å². The molecular formula is C27H30N4O4. The van der Waals surface area contributed by atoms with Gasteiger partial charge in [0.25, 0.3) is 5.56 Å². The van der Waals surface area contributed by atoms with E-state index < -0.39 is 6.10 Å². The van der Waals surface area contributed by atoms with Gasteiger partial charge in [-0.1, -0.05) is 43.3 Å². The van der Waals surface area contributed by atoms with E-state index in [2.05, 4.69) is 17.1 Å². The molecule has 0 bridgehead atoms. The molecule has 35 heavy (non-hydrogen) atoms. The molecule has 0 fully saturated rings. The van der Waals surface area contributed by atoms with Crippen LogP contribution in [0.1, 0.15) is 55.4 Å². The average Bonchev–Trinajstić information content (AvgIpc) is 3.47. The van der Waals surface area contributed by atoms with E-state index in [0.717, 1.165) is 24.8 Å². The fourth-order valence-electron chi connectivity index (χ4n) is 4.69. The van der Waals surface area contributed by atoms with Gasteiger partial charge in [-0.2, -0.15) is 5.10 Å². The van der Waals surface area contributed by atoms with Crippen molar-refractivity contribution in [3.8, 4) is 11.5 Å². The highest BCUT2D eigenvalue weighted by atomic mass is 16.7. The van der Waals surface area contributed by atoms with Crippen LogP contribution >= 0.6 is 0 Å². The van der Waals surface area contributed by atoms with Crippen LogP contribution in [0.5, 0.6) is 11.5 Å². The Hall–Kier alpha value is -3.65. The first-order valence-electron chi connectivity index (χ1n) is 12.1. The molecular weight excluding hydrogens is 444 g/mol. The molecule has 0 saturated heterocycles. The summed E-state index contributed by atoms with van der Waals surface area (Å²) in [6.07, 6.45) is 2.91. The summed E-state index contributed by atoms with van der Waals surface area (Å²) in [6, 6.07) is 15.7. The third-order valence-corrected chi connectivity index (χ3v) is 6.51. The molecule has 8 nitrogen and oxygen atoms in total. The number of rotatable bonds is 9. The van der Waals surface area contributed by atoms with Gasteiger partial charge in [0.1, 0.15) is 11.2 Å². The number of aromatic nitrogens is 4. The Morgan fingerprint density at radius 2 is 1.91 bits per heavy atom. The van der Waals surface area contributed by atoms with Crippen molar-refractivity contribution in [1.82, 2.24) is 19.7 Å². The minimum atomic E-state index is -0.642. The number of hydrogen-bond donors (Lipinski definition) is 2. The summed E-state index contributed by atoms with van der Waals surface area (Å²) in [7, 11) is 0. The summed E-state index contributed by atoms with van der Waals surface area (Å²) in [4.78, 5) is 20.9. The molecule has 0 radical (unpaired) electrons. The maximum Gasteiger partial charge on any atom is 0.262 e. The number of aromatic amines is 1. The van der Waals surface area contributed by atoms with E-state index >= 15 is 0 Å². The molecule has 0 saturated carbocycles. The van der Waals surface area contributed by atoms with Gasteiger partial charge in [0.2, 0.25) is 6.79 Å². The van der Waals surface area contributed by atoms with E-state index in [-0.39, 0.29) is 18.4 Å². The Morgan fingerprint density at radius 1 is 1.11 bits per heavy atom. The smallest absolute Gasteiger partial charge is 0.262 e. The molecule has 0 amide bonds. The summed E-state index contributed by atoms with van der Waals surface area (Å²) in [6.45, 7) is 3.95. The summed E-state index contributed by atoms with van der Waals surface area (Å²) in [5.74, 6) is 1.95. The van der Waals surface area contributed by atoms with Crippen LogP contribution in [0.4, 0.5) is 0 Å². The molecule has 1 aliphatic rings. The van der Waals surface area contributed by atoms with E-state index in [0.29, 0.717) is 46.9 Å². The second-order valence-corrected chi connectivity index (χ2v) is 9.01. The van der Waals surface area contributed by atoms with Gasteiger partial charge in [-0.25, -0.2) is 9.67 Å². The molecule has 4 aromatic rings. The van der Waals surface area contributed by atoms with Gasteiger partial charge in [-0.05, 0) is 55.9 Å². The van der Waals surface area contributed by atoms with Gasteiger partial charge in [-0.3, -0.25) is 4.79 Å². The Labute approximate surface area is 203 Å². The Morgan fingerprint density at radius 3 is 2.69 bits per heavy atom. The fraction of sp³-hybridized carbons (Fsp3) is 0.370. The molecule has 2 unspecified atom stereocenters. The minimum absolute atomic E-state index is 0.206. The normalized spacial score (nSPS) is 14.4. The highest BCUT2D eigenvalue weighted by molar-refractivity contribution is 5.77. The van der Waals surface area contributed by atoms with Crippen molar-refractivity contribution in [2.24, 2.45) is 0 Å². The van der Waals surface area contributed by atoms with Crippen LogP contribution in [0, 0.1) is 0 Å². The number of nitrogens with zero attached hydrogens (tertiary/aromatic N) is 3. The molecule has 2 atom stereocenters. The number of aliphatic hydroxyl groups is 1. The Bertz CT molecular complexity index is 1380. The van der Waals surface area contributed by atoms with Crippen molar-refractivity contribution in [1.29, 1.82) is 0 Å². The second kappa shape index (κ2) is 9.92. The zero-order valence-electron chi connectivity index (χ0n) is 20.0. The summed E-state index contributed by atoms with van der Waals surface area (Å²) in [5.41, 5.74) is 3.22. The van der Waals surface area contributed by atoms with E-state index in [9.17, 15) is 9.90 Å². The van der Waals surface area contributed by atoms with Crippen molar-refractivity contribution < 1.29 is 14.6 Å². The quantitative estimate of drug-likeness (QED) is 0.381. The van der Waals surface area contributed by atoms with Gasteiger partial charge in [0.15, 0.2) is 17.1 Å². The maximum atomic E-state index is 13.1. The first-order chi connectivity index (χ1) is 17.0. The number of H-pyrrole nitrogens is 1. The molecule has 182 valence electrons. The number of nitrogens with one attached hydrogen (secondary N) is 1. The van der Waals surface area contributed by atoms with Crippen LogP contribution in [0.2, 0.25) is 0 Å². The summed E-state index contributed by atoms with van der Waals surface area (Å²) in [5, 5.41) is 15.9. The first-order valence-corrected chi connectivity index (χ1v) is 12.1. The predicted molar refractivity (Wildman–Crippen MR) is 133 cm³/mol. The molecule has 0 aliphatic carbocycles. The van der Waals surface area contributed by atoms with Crippen molar-refractivity contribution in [3.63, 3.8) is 0 Å². The molecule has 2 N–H and O–H groups in total. The van der Waals surface area contributed by atoms with Crippen molar-refractivity contribution in [3.05, 3.63) is 81.5 Å². The van der Waals surface area contributed by atoms with Gasteiger partial charge >= 0.3 is 0 Å². The van der Waals surface area contributed by atoms with Gasteiger partial charge in [-0.15, -0.1) is 0 Å². The number of benzene rings is 2. The lowest BCUT2D eigenvalue weighted by molar-refractivity contribution is 0.118. The van der Waals surface area contributed by atoms with Crippen LogP contribution < -0.4 is 15.0 Å². The largest absolute Gasteiger partial charge is 0.454 e. The third kappa shape index (κ3) is 4.79. The van der Waals surface area contributed by atoms with Crippen LogP contribution in [0.3, 0.4) is 0 Å². The van der Waals surface area contributed by atoms with Crippen LogP contribution in [-0.2, 0) is 19.3 Å². The van der Waals surface area contributed by atoms with Crippen LogP contribution in [-0.4, -0.2) is 37.8 Å². The highest BCUT2D eigenvalue weighted by Crippen LogP contribution is 2.33. The lowest BCUT2D eigenvalue weighted by atomic mass is 10.0. The predicted octanol–water partition coefficient (Wildman–Crippen LogP) is 3.95. The highest BCUT2D eigenvalue weighted by Gasteiger charge is 2.25. The van der Waals surface area contributed by atoms with Crippen molar-refractivity contribution >= 4 is 11.0 Å². The van der Waals surface area contributed by atoms with Crippen LogP contribution in [0.25, 0.3) is 11.0 Å². The monoisotopic (exact) mass is 474 g/mol. The number of aryl methyl sites for hydroxylation is 2. The van der Waals surface area contributed by atoms with Crippen LogP contribution in [0.15, 0.2) is 53.3 Å². The van der Waals surface area contributed by atoms with Crippen molar-refractivity contribution in [2.45, 2.75) is 58.1 Å². The molecule has 8 heteroatoms. The minimum Gasteiger partial charge on any atom is -0.454 e. The summed E-state index contributed by atoms with van der Waals surface area (Å²) >= 11 is 0. The number of fused-ring (bicyclic) bond motifs is 2. The van der Waals surface area contributed by atoms with Gasteiger partial charge in [0.05, 0.1) is 17.8 Å². The zero-order chi connectivity index (χ0) is 24.4. The van der Waals surface area contributed by atoms with E-state index in [1.165, 1.54) is 5.56 Å². The first kappa shape index (κ1) is 23.1.